The van der Waals surface area contributed by atoms with Crippen LogP contribution >= 0.6 is 0 Å². The Labute approximate surface area is 179 Å². The minimum absolute atomic E-state index is 0.0576. The number of sulfone groups is 1. The van der Waals surface area contributed by atoms with E-state index in [1.54, 1.807) is 37.3 Å². The molecular formula is C22H21NO7S. The van der Waals surface area contributed by atoms with Crippen LogP contribution in [0, 0.1) is 0 Å². The van der Waals surface area contributed by atoms with Crippen LogP contribution in [0.1, 0.15) is 45.5 Å². The standard InChI is InChI=1S/C22H21NO7S/c1-2-29-20(24)11-14-13-30-19-8-7-15(12-18(14)19)31(27,28)10-9-23-21(25)16-5-3-4-6-17(16)22(23)26/h3-8,12,14H,2,9-11,13H2,1H3. The molecule has 0 N–H and O–H groups in total. The highest BCUT2D eigenvalue weighted by atomic mass is 32.2. The molecule has 4 rings (SSSR count). The largest absolute Gasteiger partial charge is 0.493 e. The Kier molecular flexibility index (Phi) is 5.53. The average Bonchev–Trinajstić information content (AvgIpc) is 3.25. The second-order valence-corrected chi connectivity index (χ2v) is 9.45. The summed E-state index contributed by atoms with van der Waals surface area (Å²) >= 11 is 0. The van der Waals surface area contributed by atoms with Gasteiger partial charge in [-0.2, -0.15) is 0 Å². The van der Waals surface area contributed by atoms with Gasteiger partial charge in [0.05, 0.1) is 41.4 Å². The molecule has 1 unspecified atom stereocenters. The third-order valence-electron chi connectivity index (χ3n) is 5.40. The van der Waals surface area contributed by atoms with Gasteiger partial charge in [0, 0.05) is 18.0 Å². The Bertz CT molecular complexity index is 1140. The predicted molar refractivity (Wildman–Crippen MR) is 110 cm³/mol. The first-order valence-corrected chi connectivity index (χ1v) is 11.6. The zero-order chi connectivity index (χ0) is 22.2. The number of nitrogens with zero attached hydrogens (tertiary/aromatic N) is 1. The zero-order valence-electron chi connectivity index (χ0n) is 16.9. The lowest BCUT2D eigenvalue weighted by Crippen LogP contribution is -2.34. The van der Waals surface area contributed by atoms with E-state index >= 15 is 0 Å². The summed E-state index contributed by atoms with van der Waals surface area (Å²) in [5, 5.41) is 0. The molecule has 0 radical (unpaired) electrons. The Morgan fingerprint density at radius 1 is 1.13 bits per heavy atom. The van der Waals surface area contributed by atoms with Crippen LogP contribution in [0.4, 0.5) is 0 Å². The van der Waals surface area contributed by atoms with Crippen LogP contribution in [-0.2, 0) is 19.4 Å². The van der Waals surface area contributed by atoms with E-state index in [1.165, 1.54) is 12.1 Å². The lowest BCUT2D eigenvalue weighted by atomic mass is 9.98. The van der Waals surface area contributed by atoms with Crippen LogP contribution in [0.25, 0.3) is 0 Å². The molecule has 2 aliphatic heterocycles. The van der Waals surface area contributed by atoms with Gasteiger partial charge in [0.25, 0.3) is 11.8 Å². The number of esters is 1. The number of amides is 2. The lowest BCUT2D eigenvalue weighted by molar-refractivity contribution is -0.143. The number of carbonyl (C=O) groups excluding carboxylic acids is 3. The molecule has 0 spiro atoms. The summed E-state index contributed by atoms with van der Waals surface area (Å²) in [7, 11) is -3.78. The number of hydrogen-bond donors (Lipinski definition) is 0. The van der Waals surface area contributed by atoms with Gasteiger partial charge in [-0.3, -0.25) is 19.3 Å². The SMILES string of the molecule is CCOC(=O)CC1COc2ccc(S(=O)(=O)CCN3C(=O)c4ccccc4C3=O)cc21. The van der Waals surface area contributed by atoms with E-state index in [-0.39, 0.29) is 54.1 Å². The van der Waals surface area contributed by atoms with E-state index in [0.29, 0.717) is 11.3 Å². The molecular weight excluding hydrogens is 422 g/mol. The molecule has 9 heteroatoms. The summed E-state index contributed by atoms with van der Waals surface area (Å²) in [4.78, 5) is 37.8. The van der Waals surface area contributed by atoms with Gasteiger partial charge in [-0.1, -0.05) is 12.1 Å². The smallest absolute Gasteiger partial charge is 0.306 e. The molecule has 0 bridgehead atoms. The van der Waals surface area contributed by atoms with Crippen LogP contribution in [-0.4, -0.2) is 56.6 Å². The number of rotatable bonds is 7. The van der Waals surface area contributed by atoms with Crippen LogP contribution in [0.2, 0.25) is 0 Å². The van der Waals surface area contributed by atoms with E-state index in [1.807, 2.05) is 0 Å². The highest BCUT2D eigenvalue weighted by molar-refractivity contribution is 7.91. The minimum Gasteiger partial charge on any atom is -0.493 e. The van der Waals surface area contributed by atoms with Crippen molar-refractivity contribution < 1.29 is 32.3 Å². The summed E-state index contributed by atoms with van der Waals surface area (Å²) in [5.41, 5.74) is 1.19. The van der Waals surface area contributed by atoms with Gasteiger partial charge in [0.1, 0.15) is 5.75 Å². The number of fused-ring (bicyclic) bond motifs is 2. The molecule has 0 saturated carbocycles. The first kappa shape index (κ1) is 21.0. The molecule has 8 nitrogen and oxygen atoms in total. The van der Waals surface area contributed by atoms with Gasteiger partial charge < -0.3 is 9.47 Å². The van der Waals surface area contributed by atoms with Crippen molar-refractivity contribution in [1.82, 2.24) is 4.90 Å². The first-order chi connectivity index (χ1) is 14.8. The summed E-state index contributed by atoms with van der Waals surface area (Å²) in [5.74, 6) is -1.52. The second-order valence-electron chi connectivity index (χ2n) is 7.34. The molecule has 0 aromatic heterocycles. The van der Waals surface area contributed by atoms with Gasteiger partial charge in [-0.05, 0) is 37.3 Å². The Morgan fingerprint density at radius 3 is 2.45 bits per heavy atom. The Hall–Kier alpha value is -3.20. The molecule has 31 heavy (non-hydrogen) atoms. The molecule has 2 amide bonds. The highest BCUT2D eigenvalue weighted by Gasteiger charge is 2.36. The summed E-state index contributed by atoms with van der Waals surface area (Å²) in [6.45, 7) is 2.02. The first-order valence-electron chi connectivity index (χ1n) is 9.92. The van der Waals surface area contributed by atoms with E-state index in [2.05, 4.69) is 0 Å². The number of hydrogen-bond acceptors (Lipinski definition) is 7. The van der Waals surface area contributed by atoms with Crippen molar-refractivity contribution in [3.05, 3.63) is 59.2 Å². The molecule has 2 aliphatic rings. The van der Waals surface area contributed by atoms with Crippen molar-refractivity contribution in [2.75, 3.05) is 25.5 Å². The lowest BCUT2D eigenvalue weighted by Gasteiger charge is -2.14. The molecule has 0 aliphatic carbocycles. The Morgan fingerprint density at radius 2 is 1.81 bits per heavy atom. The van der Waals surface area contributed by atoms with E-state index in [9.17, 15) is 22.8 Å². The van der Waals surface area contributed by atoms with Gasteiger partial charge in [0.15, 0.2) is 9.84 Å². The van der Waals surface area contributed by atoms with Crippen molar-refractivity contribution in [1.29, 1.82) is 0 Å². The van der Waals surface area contributed by atoms with Gasteiger partial charge >= 0.3 is 5.97 Å². The van der Waals surface area contributed by atoms with Crippen LogP contribution in [0.15, 0.2) is 47.4 Å². The fourth-order valence-electron chi connectivity index (χ4n) is 3.81. The number of benzene rings is 2. The number of imide groups is 1. The van der Waals surface area contributed by atoms with Crippen molar-refractivity contribution in [2.45, 2.75) is 24.2 Å². The van der Waals surface area contributed by atoms with Crippen LogP contribution in [0.5, 0.6) is 5.75 Å². The molecule has 1 atom stereocenters. The van der Waals surface area contributed by atoms with Crippen molar-refractivity contribution in [3.8, 4) is 5.75 Å². The minimum atomic E-state index is -3.78. The van der Waals surface area contributed by atoms with Gasteiger partial charge in [0.2, 0.25) is 0 Å². The molecule has 0 fully saturated rings. The number of ether oxygens (including phenoxy) is 2. The normalized spacial score (nSPS) is 17.3. The summed E-state index contributed by atoms with van der Waals surface area (Å²) in [6, 6.07) is 10.9. The molecule has 0 saturated heterocycles. The molecule has 2 aromatic carbocycles. The molecule has 2 aromatic rings. The van der Waals surface area contributed by atoms with E-state index < -0.39 is 27.4 Å². The van der Waals surface area contributed by atoms with Gasteiger partial charge in [-0.15, -0.1) is 0 Å². The monoisotopic (exact) mass is 443 g/mol. The third kappa shape index (κ3) is 3.93. The molecule has 2 heterocycles. The third-order valence-corrected chi connectivity index (χ3v) is 7.09. The van der Waals surface area contributed by atoms with E-state index in [0.717, 1.165) is 4.90 Å². The topological polar surface area (TPSA) is 107 Å². The highest BCUT2D eigenvalue weighted by Crippen LogP contribution is 2.37. The maximum Gasteiger partial charge on any atom is 0.306 e. The van der Waals surface area contributed by atoms with Crippen molar-refractivity contribution >= 4 is 27.6 Å². The van der Waals surface area contributed by atoms with Crippen molar-refractivity contribution in [3.63, 3.8) is 0 Å². The second kappa shape index (κ2) is 8.14. The number of carbonyl (C=O) groups is 3. The summed E-state index contributed by atoms with van der Waals surface area (Å²) < 4.78 is 36.4. The van der Waals surface area contributed by atoms with Crippen LogP contribution in [0.3, 0.4) is 0 Å². The maximum atomic E-state index is 12.9. The zero-order valence-corrected chi connectivity index (χ0v) is 17.7. The summed E-state index contributed by atoms with van der Waals surface area (Å²) in [6.07, 6.45) is 0.0966. The van der Waals surface area contributed by atoms with Crippen molar-refractivity contribution in [2.24, 2.45) is 0 Å². The maximum absolute atomic E-state index is 12.9. The fourth-order valence-corrected chi connectivity index (χ4v) is 5.05. The van der Waals surface area contributed by atoms with Gasteiger partial charge in [-0.25, -0.2) is 8.42 Å². The van der Waals surface area contributed by atoms with E-state index in [4.69, 9.17) is 9.47 Å². The average molecular weight is 443 g/mol. The Balaban J connectivity index is 1.50. The quantitative estimate of drug-likeness (QED) is 0.477. The predicted octanol–water partition coefficient (Wildman–Crippen LogP) is 2.19. The molecule has 162 valence electrons. The fraction of sp³-hybridized carbons (Fsp3) is 0.318. The van der Waals surface area contributed by atoms with Crippen LogP contribution < -0.4 is 4.74 Å².